The molecule has 94 valence electrons. The van der Waals surface area contributed by atoms with Gasteiger partial charge in [-0.3, -0.25) is 0 Å². The third kappa shape index (κ3) is 4.60. The molecule has 0 N–H and O–H groups in total. The minimum absolute atomic E-state index is 0. The molecule has 0 aromatic heterocycles. The molecule has 0 unspecified atom stereocenters. The van der Waals surface area contributed by atoms with Gasteiger partial charge in [-0.15, -0.1) is 12.1 Å². The first kappa shape index (κ1) is 17.2. The van der Waals surface area contributed by atoms with Crippen molar-refractivity contribution in [1.82, 2.24) is 0 Å². The van der Waals surface area contributed by atoms with E-state index < -0.39 is 5.82 Å². The van der Waals surface area contributed by atoms with Gasteiger partial charge in [-0.25, -0.2) is 8.78 Å². The van der Waals surface area contributed by atoms with Crippen molar-refractivity contribution in [3.8, 4) is 5.75 Å². The summed E-state index contributed by atoms with van der Waals surface area (Å²) in [6.45, 7) is 1.81. The van der Waals surface area contributed by atoms with E-state index in [2.05, 4.69) is 6.07 Å². The van der Waals surface area contributed by atoms with Crippen LogP contribution in [-0.2, 0) is 6.61 Å². The maximum absolute atomic E-state index is 13.3. The average molecular weight is 353 g/mol. The molecule has 0 atom stereocenters. The van der Waals surface area contributed by atoms with Crippen LogP contribution in [0.2, 0.25) is 5.02 Å². The van der Waals surface area contributed by atoms with E-state index in [9.17, 15) is 8.78 Å². The van der Waals surface area contributed by atoms with Crippen molar-refractivity contribution < 1.29 is 71.7 Å². The molecule has 5 heteroatoms. The molecule has 1 nitrogen and oxygen atoms in total. The smallest absolute Gasteiger partial charge is 0.513 e. The van der Waals surface area contributed by atoms with Gasteiger partial charge in [0.1, 0.15) is 12.4 Å². The fourth-order valence-electron chi connectivity index (χ4n) is 1.43. The molecule has 2 aromatic rings. The van der Waals surface area contributed by atoms with Crippen LogP contribution >= 0.6 is 11.6 Å². The Morgan fingerprint density at radius 3 is 2.68 bits per heavy atom. The van der Waals surface area contributed by atoms with Crippen LogP contribution < -0.4 is 62.9 Å². The molecule has 0 aliphatic rings. The Kier molecular flexibility index (Phi) is 7.12. The Morgan fingerprint density at radius 2 is 2.00 bits per heavy atom. The van der Waals surface area contributed by atoms with Gasteiger partial charge in [-0.1, -0.05) is 12.1 Å². The second kappa shape index (κ2) is 7.84. The van der Waals surface area contributed by atoms with Gasteiger partial charge in [0.15, 0.2) is 0 Å². The number of hydrogen-bond acceptors (Lipinski definition) is 1. The number of aryl methyl sites for hydroxylation is 1. The zero-order valence-corrected chi connectivity index (χ0v) is 16.3. The molecule has 0 saturated carbocycles. The summed E-state index contributed by atoms with van der Waals surface area (Å²) in [6.07, 6.45) is 0. The fourth-order valence-corrected chi connectivity index (χ4v) is 1.61. The second-order valence-corrected chi connectivity index (χ2v) is 4.22. The van der Waals surface area contributed by atoms with E-state index >= 15 is 0 Å². The molecule has 2 aromatic carbocycles. The van der Waals surface area contributed by atoms with E-state index in [0.29, 0.717) is 11.1 Å². The molecule has 2 rings (SSSR count). The summed E-state index contributed by atoms with van der Waals surface area (Å²) in [6, 6.07) is 10.0. The Morgan fingerprint density at radius 1 is 1.26 bits per heavy atom. The summed E-state index contributed by atoms with van der Waals surface area (Å²) in [5.41, 5.74) is 1.22. The quantitative estimate of drug-likeness (QED) is 0.757. The van der Waals surface area contributed by atoms with Crippen LogP contribution in [0.1, 0.15) is 11.1 Å². The van der Waals surface area contributed by atoms with E-state index in [1.165, 1.54) is 18.2 Å². The molecule has 19 heavy (non-hydrogen) atoms. The minimum Gasteiger partial charge on any atom is -0.513 e. The first-order valence-corrected chi connectivity index (χ1v) is 5.69. The molecule has 0 spiro atoms. The van der Waals surface area contributed by atoms with Crippen molar-refractivity contribution in [1.29, 1.82) is 0 Å². The van der Waals surface area contributed by atoms with E-state index in [-0.39, 0.29) is 81.4 Å². The molecule has 0 fully saturated rings. The zero-order chi connectivity index (χ0) is 13.1. The van der Waals surface area contributed by atoms with Crippen LogP contribution in [0, 0.1) is 24.6 Å². The molecule has 0 aliphatic heterocycles. The predicted octanol–water partition coefficient (Wildman–Crippen LogP) is 1.31. The van der Waals surface area contributed by atoms with Gasteiger partial charge >= 0.3 is 58.2 Å². The largest absolute Gasteiger partial charge is 1.00 e. The van der Waals surface area contributed by atoms with E-state index in [1.807, 2.05) is 0 Å². The Bertz CT molecular complexity index is 575. The summed E-state index contributed by atoms with van der Waals surface area (Å²) in [5.74, 6) is -0.743. The maximum atomic E-state index is 13.3. The van der Waals surface area contributed by atoms with Gasteiger partial charge in [0, 0.05) is 16.6 Å². The third-order valence-corrected chi connectivity index (χ3v) is 2.84. The van der Waals surface area contributed by atoms with Crippen molar-refractivity contribution in [3.05, 3.63) is 64.2 Å². The van der Waals surface area contributed by atoms with E-state index in [4.69, 9.17) is 16.3 Å². The molecule has 0 amide bonds. The second-order valence-electron chi connectivity index (χ2n) is 3.84. The van der Waals surface area contributed by atoms with Crippen LogP contribution in [0.15, 0.2) is 30.3 Å². The summed E-state index contributed by atoms with van der Waals surface area (Å²) in [5, 5.41) is -0.120. The molecule has 0 saturated heterocycles. The van der Waals surface area contributed by atoms with Crippen molar-refractivity contribution in [2.45, 2.75) is 13.5 Å². The predicted molar refractivity (Wildman–Crippen MR) is 65.7 cm³/mol. The SMILES string of the molecule is Cc1ccc(COc2cc[c-]c(F)c2Cl)cc1F.[Rb+]. The van der Waals surface area contributed by atoms with Gasteiger partial charge in [-0.2, -0.15) is 17.7 Å². The number of hydrogen-bond donors (Lipinski definition) is 0. The number of halogens is 3. The summed E-state index contributed by atoms with van der Waals surface area (Å²) >= 11 is 5.71. The van der Waals surface area contributed by atoms with Gasteiger partial charge in [-0.05, 0) is 24.1 Å². The van der Waals surface area contributed by atoms with Crippen LogP contribution in [0.4, 0.5) is 8.78 Å². The van der Waals surface area contributed by atoms with Gasteiger partial charge in [0.25, 0.3) is 0 Å². The van der Waals surface area contributed by atoms with Gasteiger partial charge in [0.05, 0.1) is 0 Å². The van der Waals surface area contributed by atoms with E-state index in [0.717, 1.165) is 0 Å². The summed E-state index contributed by atoms with van der Waals surface area (Å²) in [7, 11) is 0. The molecule has 0 bridgehead atoms. The summed E-state index contributed by atoms with van der Waals surface area (Å²) < 4.78 is 31.7. The van der Waals surface area contributed by atoms with Crippen LogP contribution in [0.3, 0.4) is 0 Å². The van der Waals surface area contributed by atoms with Gasteiger partial charge in [0.2, 0.25) is 0 Å². The maximum Gasteiger partial charge on any atom is 1.00 e. The number of rotatable bonds is 3. The molecular weight excluding hydrogens is 343 g/mol. The first-order chi connectivity index (χ1) is 8.58. The molecule has 0 aliphatic carbocycles. The van der Waals surface area contributed by atoms with Crippen LogP contribution in [-0.4, -0.2) is 0 Å². The number of ether oxygens (including phenoxy) is 1. The van der Waals surface area contributed by atoms with Crippen LogP contribution in [0.25, 0.3) is 0 Å². The van der Waals surface area contributed by atoms with E-state index in [1.54, 1.807) is 19.1 Å². The van der Waals surface area contributed by atoms with Crippen molar-refractivity contribution in [2.75, 3.05) is 0 Å². The van der Waals surface area contributed by atoms with Crippen molar-refractivity contribution in [2.24, 2.45) is 0 Å². The number of benzene rings is 2. The topological polar surface area (TPSA) is 9.23 Å². The molecular formula is C14H10ClF2ORb. The Labute approximate surface area is 164 Å². The first-order valence-electron chi connectivity index (χ1n) is 5.31. The summed E-state index contributed by atoms with van der Waals surface area (Å²) in [4.78, 5) is 0. The Balaban J connectivity index is 0.00000180. The monoisotopic (exact) mass is 352 g/mol. The standard InChI is InChI=1S/C14H10ClF2O.Rb/c1-9-5-6-10(7-12(9)17)8-18-13-4-2-3-11(16)14(13)15;/h2,4-7H,8H2,1H3;/q-1;+1. The normalized spacial score (nSPS) is 9.89. The van der Waals surface area contributed by atoms with Crippen molar-refractivity contribution >= 4 is 11.6 Å². The average Bonchev–Trinajstić information content (AvgIpc) is 2.35. The van der Waals surface area contributed by atoms with Crippen LogP contribution in [0.5, 0.6) is 5.75 Å². The van der Waals surface area contributed by atoms with Gasteiger partial charge < -0.3 is 4.74 Å². The Hall–Kier alpha value is 0.195. The minimum atomic E-state index is -0.663. The fraction of sp³-hybridized carbons (Fsp3) is 0.143. The van der Waals surface area contributed by atoms with Crippen molar-refractivity contribution in [3.63, 3.8) is 0 Å². The zero-order valence-electron chi connectivity index (χ0n) is 10.6. The molecule has 0 radical (unpaired) electrons. The molecule has 0 heterocycles. The third-order valence-electron chi connectivity index (χ3n) is 2.48.